The Morgan fingerprint density at radius 2 is 2.05 bits per heavy atom. The van der Waals surface area contributed by atoms with Crippen LogP contribution in [0.15, 0.2) is 30.3 Å². The molecule has 5 heteroatoms. The molecule has 3 unspecified atom stereocenters. The van der Waals surface area contributed by atoms with Crippen LogP contribution in [0.3, 0.4) is 0 Å². The number of carbonyl (C=O) groups is 2. The summed E-state index contributed by atoms with van der Waals surface area (Å²) in [5.74, 6) is -1.07. The van der Waals surface area contributed by atoms with Crippen LogP contribution in [0.1, 0.15) is 37.7 Å². The van der Waals surface area contributed by atoms with Gasteiger partial charge in [0, 0.05) is 12.6 Å². The smallest absolute Gasteiger partial charge is 0.315 e. The molecule has 3 atom stereocenters. The molecule has 1 saturated carbocycles. The predicted octanol–water partition coefficient (Wildman–Crippen LogP) is 2.34. The topological polar surface area (TPSA) is 78.4 Å². The van der Waals surface area contributed by atoms with E-state index in [1.807, 2.05) is 6.07 Å². The van der Waals surface area contributed by atoms with Crippen molar-refractivity contribution >= 4 is 12.0 Å². The Bertz CT molecular complexity index is 490. The van der Waals surface area contributed by atoms with Gasteiger partial charge in [-0.2, -0.15) is 0 Å². The number of carboxylic acids is 1. The maximum atomic E-state index is 11.8. The number of benzene rings is 1. The molecule has 0 radical (unpaired) electrons. The molecule has 1 aromatic carbocycles. The van der Waals surface area contributed by atoms with Crippen molar-refractivity contribution in [2.24, 2.45) is 5.92 Å². The zero-order valence-corrected chi connectivity index (χ0v) is 12.2. The summed E-state index contributed by atoms with van der Waals surface area (Å²) in [7, 11) is 0. The van der Waals surface area contributed by atoms with Gasteiger partial charge in [0.1, 0.15) is 0 Å². The van der Waals surface area contributed by atoms with Gasteiger partial charge in [-0.15, -0.1) is 0 Å². The van der Waals surface area contributed by atoms with Crippen molar-refractivity contribution in [1.82, 2.24) is 10.6 Å². The highest BCUT2D eigenvalue weighted by Crippen LogP contribution is 2.34. The van der Waals surface area contributed by atoms with Crippen LogP contribution in [0.4, 0.5) is 4.79 Å². The number of carbonyl (C=O) groups excluding carboxylic acids is 1. The molecule has 0 heterocycles. The summed E-state index contributed by atoms with van der Waals surface area (Å²) in [6, 6.07) is 8.93. The van der Waals surface area contributed by atoms with Crippen LogP contribution in [0.25, 0.3) is 0 Å². The Hall–Kier alpha value is -2.04. The predicted molar refractivity (Wildman–Crippen MR) is 80.2 cm³/mol. The zero-order chi connectivity index (χ0) is 15.2. The van der Waals surface area contributed by atoms with Gasteiger partial charge >= 0.3 is 12.0 Å². The molecule has 0 aromatic heterocycles. The van der Waals surface area contributed by atoms with E-state index in [0.717, 1.165) is 19.3 Å². The fourth-order valence-electron chi connectivity index (χ4n) is 2.56. The third-order valence-electron chi connectivity index (χ3n) is 3.87. The van der Waals surface area contributed by atoms with Gasteiger partial charge in [-0.25, -0.2) is 4.79 Å². The number of urea groups is 1. The van der Waals surface area contributed by atoms with Crippen molar-refractivity contribution in [3.05, 3.63) is 35.9 Å². The normalized spacial score (nSPS) is 21.4. The third-order valence-corrected chi connectivity index (χ3v) is 3.87. The van der Waals surface area contributed by atoms with E-state index in [0.29, 0.717) is 11.5 Å². The van der Waals surface area contributed by atoms with Crippen molar-refractivity contribution in [3.8, 4) is 0 Å². The minimum atomic E-state index is -0.934. The Balaban J connectivity index is 1.80. The molecule has 1 aliphatic rings. The monoisotopic (exact) mass is 290 g/mol. The largest absolute Gasteiger partial charge is 0.481 e. The van der Waals surface area contributed by atoms with Crippen molar-refractivity contribution < 1.29 is 14.7 Å². The summed E-state index contributed by atoms with van der Waals surface area (Å²) < 4.78 is 0. The minimum absolute atomic E-state index is 0.0936. The van der Waals surface area contributed by atoms with Crippen LogP contribution in [0.2, 0.25) is 0 Å². The van der Waals surface area contributed by atoms with E-state index >= 15 is 0 Å². The van der Waals surface area contributed by atoms with Crippen molar-refractivity contribution in [2.75, 3.05) is 6.54 Å². The number of amides is 2. The van der Waals surface area contributed by atoms with E-state index in [9.17, 15) is 14.7 Å². The molecule has 1 aromatic rings. The minimum Gasteiger partial charge on any atom is -0.481 e. The molecular formula is C16H22N2O3. The highest BCUT2D eigenvalue weighted by molar-refractivity contribution is 5.79. The molecule has 2 amide bonds. The molecule has 3 N–H and O–H groups in total. The molecule has 114 valence electrons. The summed E-state index contributed by atoms with van der Waals surface area (Å²) >= 11 is 0. The molecule has 0 saturated heterocycles. The molecule has 0 aliphatic heterocycles. The molecule has 5 nitrogen and oxygen atoms in total. The first kappa shape index (κ1) is 15.4. The summed E-state index contributed by atoms with van der Waals surface area (Å²) in [6.07, 6.45) is 3.29. The van der Waals surface area contributed by atoms with Gasteiger partial charge in [-0.1, -0.05) is 43.7 Å². The number of aliphatic carboxylic acids is 1. The van der Waals surface area contributed by atoms with E-state index in [4.69, 9.17) is 0 Å². The van der Waals surface area contributed by atoms with Crippen LogP contribution in [0, 0.1) is 5.92 Å². The van der Waals surface area contributed by atoms with E-state index in [1.165, 1.54) is 0 Å². The van der Waals surface area contributed by atoms with E-state index < -0.39 is 11.9 Å². The van der Waals surface area contributed by atoms with E-state index in [1.54, 1.807) is 24.3 Å². The molecule has 0 spiro atoms. The zero-order valence-electron chi connectivity index (χ0n) is 12.2. The summed E-state index contributed by atoms with van der Waals surface area (Å²) in [6.45, 7) is 2.23. The highest BCUT2D eigenvalue weighted by Gasteiger charge is 2.37. The molecule has 1 aliphatic carbocycles. The van der Waals surface area contributed by atoms with Crippen molar-refractivity contribution in [2.45, 2.75) is 38.1 Å². The lowest BCUT2D eigenvalue weighted by molar-refractivity contribution is -0.138. The Labute approximate surface area is 124 Å². The first-order chi connectivity index (χ1) is 10.1. The highest BCUT2D eigenvalue weighted by atomic mass is 16.4. The van der Waals surface area contributed by atoms with E-state index in [-0.39, 0.29) is 18.6 Å². The fourth-order valence-corrected chi connectivity index (χ4v) is 2.56. The van der Waals surface area contributed by atoms with Gasteiger partial charge in [0.05, 0.1) is 5.92 Å². The molecule has 0 bridgehead atoms. The number of carboxylic acid groups (broad SMARTS) is 1. The van der Waals surface area contributed by atoms with Crippen LogP contribution in [0.5, 0.6) is 0 Å². The second-order valence-corrected chi connectivity index (χ2v) is 5.55. The first-order valence-electron chi connectivity index (χ1n) is 7.44. The maximum Gasteiger partial charge on any atom is 0.315 e. The van der Waals surface area contributed by atoms with Crippen molar-refractivity contribution in [1.29, 1.82) is 0 Å². The average Bonchev–Trinajstić information content (AvgIpc) is 3.18. The summed E-state index contributed by atoms with van der Waals surface area (Å²) in [5.41, 5.74) is 0.695. The van der Waals surface area contributed by atoms with Gasteiger partial charge in [0.15, 0.2) is 0 Å². The number of nitrogens with one attached hydrogen (secondary N) is 2. The number of hydrogen-bond acceptors (Lipinski definition) is 2. The number of hydrogen-bond donors (Lipinski definition) is 3. The summed E-state index contributed by atoms with van der Waals surface area (Å²) in [5, 5.41) is 14.8. The van der Waals surface area contributed by atoms with Gasteiger partial charge in [0.2, 0.25) is 0 Å². The second-order valence-electron chi connectivity index (χ2n) is 5.55. The lowest BCUT2D eigenvalue weighted by Gasteiger charge is -2.14. The second kappa shape index (κ2) is 7.11. The Morgan fingerprint density at radius 1 is 1.33 bits per heavy atom. The van der Waals surface area contributed by atoms with Gasteiger partial charge in [-0.3, -0.25) is 4.79 Å². The quantitative estimate of drug-likeness (QED) is 0.721. The Morgan fingerprint density at radius 3 is 2.67 bits per heavy atom. The van der Waals surface area contributed by atoms with Crippen LogP contribution in [-0.2, 0) is 4.79 Å². The summed E-state index contributed by atoms with van der Waals surface area (Å²) in [4.78, 5) is 23.1. The SMILES string of the molecule is CCCC1CC1NC(=O)NCC(C(=O)O)c1ccccc1. The number of rotatable bonds is 7. The van der Waals surface area contributed by atoms with Gasteiger partial charge in [-0.05, 0) is 24.3 Å². The average molecular weight is 290 g/mol. The van der Waals surface area contributed by atoms with Crippen LogP contribution < -0.4 is 10.6 Å². The van der Waals surface area contributed by atoms with Crippen molar-refractivity contribution in [3.63, 3.8) is 0 Å². The maximum absolute atomic E-state index is 11.8. The van der Waals surface area contributed by atoms with E-state index in [2.05, 4.69) is 17.6 Å². The molecule has 21 heavy (non-hydrogen) atoms. The molecular weight excluding hydrogens is 268 g/mol. The molecule has 2 rings (SSSR count). The Kier molecular flexibility index (Phi) is 5.20. The van der Waals surface area contributed by atoms with Crippen LogP contribution in [-0.4, -0.2) is 29.7 Å². The van der Waals surface area contributed by atoms with Gasteiger partial charge in [0.25, 0.3) is 0 Å². The standard InChI is InChI=1S/C16H22N2O3/c1-2-6-12-9-14(12)18-16(21)17-10-13(15(19)20)11-7-4-3-5-8-11/h3-5,7-8,12-14H,2,6,9-10H2,1H3,(H,19,20)(H2,17,18,21). The lowest BCUT2D eigenvalue weighted by Crippen LogP contribution is -2.40. The lowest BCUT2D eigenvalue weighted by atomic mass is 9.99. The molecule has 1 fully saturated rings. The van der Waals surface area contributed by atoms with Gasteiger partial charge < -0.3 is 15.7 Å². The third kappa shape index (κ3) is 4.48. The van der Waals surface area contributed by atoms with Crippen LogP contribution >= 0.6 is 0 Å². The fraction of sp³-hybridized carbons (Fsp3) is 0.500. The first-order valence-corrected chi connectivity index (χ1v) is 7.44.